The van der Waals surface area contributed by atoms with Gasteiger partial charge in [-0.2, -0.15) is 13.2 Å². The number of hydrogen-bond donors (Lipinski definition) is 1. The lowest BCUT2D eigenvalue weighted by Gasteiger charge is -2.42. The number of thiazole rings is 1. The first-order valence-electron chi connectivity index (χ1n) is 15.4. The third kappa shape index (κ3) is 4.37. The number of anilines is 1. The minimum absolute atomic E-state index is 0.0180. The van der Waals surface area contributed by atoms with Gasteiger partial charge in [0.1, 0.15) is 17.0 Å². The lowest BCUT2D eigenvalue weighted by Crippen LogP contribution is -2.46. The van der Waals surface area contributed by atoms with E-state index in [1.54, 1.807) is 6.07 Å². The Hall–Kier alpha value is -2.86. The molecule has 8 nitrogen and oxygen atoms in total. The summed E-state index contributed by atoms with van der Waals surface area (Å²) in [5, 5.41) is 14.7. The molecule has 4 saturated carbocycles. The Morgan fingerprint density at radius 2 is 2.00 bits per heavy atom. The molecule has 5 fully saturated rings. The maximum atomic E-state index is 14.0. The van der Waals surface area contributed by atoms with Crippen molar-refractivity contribution < 1.29 is 37.1 Å². The number of carboxylic acids is 1. The van der Waals surface area contributed by atoms with Gasteiger partial charge in [0.05, 0.1) is 53.3 Å². The number of ether oxygens (including phenoxy) is 2. The minimum atomic E-state index is -4.26. The molecule has 4 unspecified atom stereocenters. The number of benzene rings is 1. The van der Waals surface area contributed by atoms with Gasteiger partial charge >= 0.3 is 12.1 Å². The van der Waals surface area contributed by atoms with Crippen LogP contribution in [0.15, 0.2) is 16.7 Å². The Morgan fingerprint density at radius 3 is 2.70 bits per heavy atom. The van der Waals surface area contributed by atoms with Crippen molar-refractivity contribution in [1.29, 1.82) is 0 Å². The number of hydrogen-bond acceptors (Lipinski definition) is 8. The monoisotopic (exact) mass is 617 g/mol. The molecule has 12 heteroatoms. The second-order valence-corrected chi connectivity index (χ2v) is 14.1. The van der Waals surface area contributed by atoms with Crippen LogP contribution in [0.1, 0.15) is 103 Å². The molecule has 6 atom stereocenters. The number of aromatic nitrogens is 2. The number of nitrogens with zero attached hydrogens (tertiary/aromatic N) is 3. The number of methoxy groups -OCH3 is 1. The second kappa shape index (κ2) is 9.82. The normalized spacial score (nSPS) is 31.8. The Morgan fingerprint density at radius 1 is 1.19 bits per heavy atom. The van der Waals surface area contributed by atoms with Crippen LogP contribution < -0.4 is 9.64 Å². The minimum Gasteiger partial charge on any atom is -0.494 e. The first-order valence-corrected chi connectivity index (χ1v) is 16.2. The SMILES string of the molecule is COc1cc(C(=O)O)cc2sc(N3C4CC(OCc5c(C6CCCCC6C(F)(F)F)noc5C5CC5)C[C@@H]5CC[C@@]453)nc12. The van der Waals surface area contributed by atoms with Crippen LogP contribution in [0, 0.1) is 11.8 Å². The summed E-state index contributed by atoms with van der Waals surface area (Å²) in [5.74, 6) is -1.20. The molecule has 1 aliphatic heterocycles. The average Bonchev–Trinajstić information content (AvgIpc) is 3.85. The van der Waals surface area contributed by atoms with E-state index in [-0.39, 0.29) is 42.2 Å². The van der Waals surface area contributed by atoms with Crippen molar-refractivity contribution in [1.82, 2.24) is 10.1 Å². The van der Waals surface area contributed by atoms with Gasteiger partial charge in [0.15, 0.2) is 5.13 Å². The number of rotatable bonds is 8. The van der Waals surface area contributed by atoms with E-state index in [0.29, 0.717) is 35.7 Å². The largest absolute Gasteiger partial charge is 0.494 e. The molecule has 2 aromatic heterocycles. The zero-order valence-corrected chi connectivity index (χ0v) is 24.7. The Balaban J connectivity index is 1.02. The van der Waals surface area contributed by atoms with Gasteiger partial charge in [-0.05, 0) is 69.4 Å². The molecular formula is C31H34F3N3O5S. The van der Waals surface area contributed by atoms with Gasteiger partial charge in [-0.1, -0.05) is 29.3 Å². The molecule has 0 bridgehead atoms. The highest BCUT2D eigenvalue weighted by molar-refractivity contribution is 7.22. The molecule has 0 amide bonds. The van der Waals surface area contributed by atoms with Crippen molar-refractivity contribution in [2.45, 2.75) is 107 Å². The molecular weight excluding hydrogens is 583 g/mol. The van der Waals surface area contributed by atoms with Gasteiger partial charge in [0.25, 0.3) is 0 Å². The van der Waals surface area contributed by atoms with Crippen molar-refractivity contribution >= 4 is 32.7 Å². The molecule has 43 heavy (non-hydrogen) atoms. The van der Waals surface area contributed by atoms with Crippen LogP contribution in [-0.4, -0.2) is 52.2 Å². The summed E-state index contributed by atoms with van der Waals surface area (Å²) in [6.45, 7) is 0.235. The molecule has 1 saturated heterocycles. The topological polar surface area (TPSA) is 97.7 Å². The maximum Gasteiger partial charge on any atom is 0.392 e. The third-order valence-corrected chi connectivity index (χ3v) is 11.8. The third-order valence-electron chi connectivity index (χ3n) is 10.8. The van der Waals surface area contributed by atoms with Crippen molar-refractivity contribution in [2.24, 2.45) is 11.8 Å². The van der Waals surface area contributed by atoms with Crippen LogP contribution in [0.25, 0.3) is 10.2 Å². The number of alkyl halides is 3. The van der Waals surface area contributed by atoms with Gasteiger partial charge < -0.3 is 24.0 Å². The van der Waals surface area contributed by atoms with Gasteiger partial charge in [-0.15, -0.1) is 0 Å². The van der Waals surface area contributed by atoms with Crippen LogP contribution in [-0.2, 0) is 11.3 Å². The van der Waals surface area contributed by atoms with Crippen LogP contribution in [0.5, 0.6) is 5.75 Å². The molecule has 0 radical (unpaired) electrons. The van der Waals surface area contributed by atoms with Crippen molar-refractivity contribution in [3.63, 3.8) is 0 Å². The van der Waals surface area contributed by atoms with Crippen LogP contribution in [0.2, 0.25) is 0 Å². The Bertz CT molecular complexity index is 1580. The number of carboxylic acid groups (broad SMARTS) is 1. The quantitative estimate of drug-likeness (QED) is 0.261. The lowest BCUT2D eigenvalue weighted by molar-refractivity contribution is -0.187. The first kappa shape index (κ1) is 27.7. The fourth-order valence-electron chi connectivity index (χ4n) is 8.41. The molecule has 5 aliphatic rings. The van der Waals surface area contributed by atoms with E-state index >= 15 is 0 Å². The van der Waals surface area contributed by atoms with Crippen molar-refractivity contribution in [2.75, 3.05) is 12.0 Å². The number of fused-ring (bicyclic) bond motifs is 1. The maximum absolute atomic E-state index is 14.0. The Kier molecular flexibility index (Phi) is 6.32. The predicted octanol–water partition coefficient (Wildman–Crippen LogP) is 7.42. The summed E-state index contributed by atoms with van der Waals surface area (Å²) in [5.41, 5.74) is 2.14. The lowest BCUT2D eigenvalue weighted by atomic mass is 9.64. The zero-order chi connectivity index (χ0) is 29.7. The van der Waals surface area contributed by atoms with E-state index in [9.17, 15) is 23.1 Å². The number of halogens is 3. The second-order valence-electron chi connectivity index (χ2n) is 13.1. The summed E-state index contributed by atoms with van der Waals surface area (Å²) in [6, 6.07) is 3.44. The molecule has 3 heterocycles. The van der Waals surface area contributed by atoms with Crippen molar-refractivity contribution in [3.05, 3.63) is 34.7 Å². The van der Waals surface area contributed by atoms with Crippen LogP contribution in [0.4, 0.5) is 18.3 Å². The molecule has 3 aromatic rings. The van der Waals surface area contributed by atoms with E-state index in [1.165, 1.54) is 24.5 Å². The van der Waals surface area contributed by atoms with Gasteiger partial charge in [0, 0.05) is 17.4 Å². The van der Waals surface area contributed by atoms with E-state index in [0.717, 1.165) is 66.1 Å². The van der Waals surface area contributed by atoms with E-state index < -0.39 is 24.0 Å². The molecule has 230 valence electrons. The van der Waals surface area contributed by atoms with Gasteiger partial charge in [-0.25, -0.2) is 9.78 Å². The molecule has 4 aliphatic carbocycles. The summed E-state index contributed by atoms with van der Waals surface area (Å²) in [7, 11) is 1.52. The smallest absolute Gasteiger partial charge is 0.392 e. The van der Waals surface area contributed by atoms with E-state index in [4.69, 9.17) is 19.0 Å². The first-order chi connectivity index (χ1) is 20.7. The summed E-state index contributed by atoms with van der Waals surface area (Å²) in [4.78, 5) is 18.9. The van der Waals surface area contributed by atoms with Gasteiger partial charge in [0.2, 0.25) is 0 Å². The zero-order valence-electron chi connectivity index (χ0n) is 23.9. The molecule has 1 spiro atoms. The molecule has 1 aromatic carbocycles. The average molecular weight is 618 g/mol. The predicted molar refractivity (Wildman–Crippen MR) is 152 cm³/mol. The highest BCUT2D eigenvalue weighted by Crippen LogP contribution is 2.67. The van der Waals surface area contributed by atoms with Crippen molar-refractivity contribution in [3.8, 4) is 5.75 Å². The van der Waals surface area contributed by atoms with E-state index in [2.05, 4.69) is 10.1 Å². The Labute approximate surface area is 250 Å². The highest BCUT2D eigenvalue weighted by atomic mass is 32.1. The fraction of sp³-hybridized carbons (Fsp3) is 0.645. The van der Waals surface area contributed by atoms with E-state index in [1.807, 2.05) is 0 Å². The highest BCUT2D eigenvalue weighted by Gasteiger charge is 2.73. The fourth-order valence-corrected chi connectivity index (χ4v) is 9.57. The number of aromatic carboxylic acids is 1. The van der Waals surface area contributed by atoms with Crippen LogP contribution in [0.3, 0.4) is 0 Å². The summed E-state index contributed by atoms with van der Waals surface area (Å²) < 4.78 is 60.6. The standard InChI is InChI=1S/C31H34F3N3O5S/c1-40-22-10-16(28(38)39)11-23-26(22)35-29(43-23)37-24-13-18(12-17-8-9-30(17,24)37)41-14-20-25(36-42-27(20)15-6-7-15)19-4-2-3-5-21(19)31(32,33)34/h10-11,15,17-19,21,24H,2-9,12-14H2,1H3,(H,38,39)/t17-,18?,19?,21?,24?,30-,37?/m0/s1. The number of carbonyl (C=O) groups is 1. The molecule has 1 N–H and O–H groups in total. The summed E-state index contributed by atoms with van der Waals surface area (Å²) >= 11 is 1.49. The van der Waals surface area contributed by atoms with Crippen LogP contribution >= 0.6 is 11.3 Å². The molecule has 8 rings (SSSR count). The summed E-state index contributed by atoms with van der Waals surface area (Å²) in [6.07, 6.45) is 3.55. The van der Waals surface area contributed by atoms with Gasteiger partial charge in [-0.3, -0.25) is 0 Å².